The molecule has 0 aromatic rings. The number of ether oxygens (including phenoxy) is 1. The first-order valence-electron chi connectivity index (χ1n) is 8.41. The van der Waals surface area contributed by atoms with E-state index in [4.69, 9.17) is 4.74 Å². The van der Waals surface area contributed by atoms with E-state index >= 15 is 0 Å². The van der Waals surface area contributed by atoms with Crippen LogP contribution < -0.4 is 10.6 Å². The van der Waals surface area contributed by atoms with Crippen molar-refractivity contribution < 1.29 is 9.53 Å². The third-order valence-corrected chi connectivity index (χ3v) is 4.51. The van der Waals surface area contributed by atoms with Crippen LogP contribution in [0.15, 0.2) is 4.99 Å². The lowest BCUT2D eigenvalue weighted by atomic mass is 9.86. The molecule has 1 fully saturated rings. The molecular formula is C16H32IN3O2S. The Morgan fingerprint density at radius 2 is 1.96 bits per heavy atom. The lowest BCUT2D eigenvalue weighted by Crippen LogP contribution is -2.45. The van der Waals surface area contributed by atoms with Crippen LogP contribution >= 0.6 is 35.7 Å². The van der Waals surface area contributed by atoms with Crippen molar-refractivity contribution in [2.75, 3.05) is 31.7 Å². The summed E-state index contributed by atoms with van der Waals surface area (Å²) in [5, 5.41) is 6.81. The highest BCUT2D eigenvalue weighted by molar-refractivity contribution is 14.0. The van der Waals surface area contributed by atoms with Crippen LogP contribution in [0.2, 0.25) is 0 Å². The number of thioether (sulfide) groups is 1. The molecule has 136 valence electrons. The van der Waals surface area contributed by atoms with Crippen LogP contribution in [0.4, 0.5) is 0 Å². The molecule has 5 nitrogen and oxygen atoms in total. The number of carbonyl (C=O) groups excluding carboxylic acids is 1. The summed E-state index contributed by atoms with van der Waals surface area (Å²) in [6.07, 6.45) is 7.03. The minimum atomic E-state index is -0.0291. The smallest absolute Gasteiger partial charge is 0.308 e. The van der Waals surface area contributed by atoms with E-state index in [1.54, 1.807) is 0 Å². The van der Waals surface area contributed by atoms with E-state index in [1.165, 1.54) is 0 Å². The maximum absolute atomic E-state index is 11.8. The van der Waals surface area contributed by atoms with Crippen LogP contribution in [-0.2, 0) is 9.53 Å². The zero-order chi connectivity index (χ0) is 16.2. The van der Waals surface area contributed by atoms with Gasteiger partial charge in [0.25, 0.3) is 0 Å². The maximum Gasteiger partial charge on any atom is 0.308 e. The summed E-state index contributed by atoms with van der Waals surface area (Å²) >= 11 is 1.86. The van der Waals surface area contributed by atoms with Crippen LogP contribution in [0.3, 0.4) is 0 Å². The van der Waals surface area contributed by atoms with E-state index in [-0.39, 0.29) is 35.9 Å². The maximum atomic E-state index is 11.8. The molecule has 0 unspecified atom stereocenters. The summed E-state index contributed by atoms with van der Waals surface area (Å²) in [7, 11) is 0. The van der Waals surface area contributed by atoms with Gasteiger partial charge in [0.1, 0.15) is 0 Å². The van der Waals surface area contributed by atoms with Gasteiger partial charge in [0.2, 0.25) is 0 Å². The van der Waals surface area contributed by atoms with Gasteiger partial charge in [-0.3, -0.25) is 9.79 Å². The Labute approximate surface area is 162 Å². The van der Waals surface area contributed by atoms with Crippen molar-refractivity contribution in [1.82, 2.24) is 10.6 Å². The fourth-order valence-corrected chi connectivity index (χ4v) is 3.06. The minimum Gasteiger partial charge on any atom is -0.466 e. The van der Waals surface area contributed by atoms with Crippen LogP contribution in [0.5, 0.6) is 0 Å². The van der Waals surface area contributed by atoms with Gasteiger partial charge in [0.15, 0.2) is 5.96 Å². The Morgan fingerprint density at radius 3 is 2.52 bits per heavy atom. The van der Waals surface area contributed by atoms with Crippen LogP contribution in [-0.4, -0.2) is 49.7 Å². The number of nitrogens with zero attached hydrogens (tertiary/aromatic N) is 1. The summed E-state index contributed by atoms with van der Waals surface area (Å²) in [6, 6.07) is 0.407. The monoisotopic (exact) mass is 457 g/mol. The van der Waals surface area contributed by atoms with Gasteiger partial charge in [-0.2, -0.15) is 11.8 Å². The molecule has 1 aliphatic rings. The van der Waals surface area contributed by atoms with Crippen molar-refractivity contribution >= 4 is 47.7 Å². The Balaban J connectivity index is 0.00000484. The first kappa shape index (κ1) is 22.8. The van der Waals surface area contributed by atoms with Crippen molar-refractivity contribution in [3.8, 4) is 0 Å². The first-order chi connectivity index (χ1) is 10.7. The van der Waals surface area contributed by atoms with Gasteiger partial charge in [0, 0.05) is 19.1 Å². The predicted molar refractivity (Wildman–Crippen MR) is 110 cm³/mol. The van der Waals surface area contributed by atoms with Gasteiger partial charge in [-0.15, -0.1) is 24.0 Å². The number of guanidine groups is 1. The normalized spacial score (nSPS) is 21.3. The summed E-state index contributed by atoms with van der Waals surface area (Å²) in [4.78, 5) is 16.4. The van der Waals surface area contributed by atoms with Gasteiger partial charge in [-0.25, -0.2) is 0 Å². The van der Waals surface area contributed by atoms with E-state index in [0.717, 1.165) is 56.9 Å². The zero-order valence-corrected chi connectivity index (χ0v) is 17.7. The Hall–Kier alpha value is -0.180. The van der Waals surface area contributed by atoms with E-state index in [9.17, 15) is 4.79 Å². The number of hydrogen-bond donors (Lipinski definition) is 2. The number of hydrogen-bond acceptors (Lipinski definition) is 4. The SMILES string of the molecule is CCNC(=NCCCSC)NC1CCC(C(=O)OCC)CC1.I. The Bertz CT molecular complexity index is 348. The number of halogens is 1. The topological polar surface area (TPSA) is 62.7 Å². The minimum absolute atomic E-state index is 0. The lowest BCUT2D eigenvalue weighted by Gasteiger charge is -2.29. The van der Waals surface area contributed by atoms with Crippen molar-refractivity contribution in [1.29, 1.82) is 0 Å². The lowest BCUT2D eigenvalue weighted by molar-refractivity contribution is -0.149. The molecule has 2 N–H and O–H groups in total. The summed E-state index contributed by atoms with van der Waals surface area (Å²) < 4.78 is 5.11. The van der Waals surface area contributed by atoms with Gasteiger partial charge in [-0.1, -0.05) is 0 Å². The highest BCUT2D eigenvalue weighted by atomic mass is 127. The zero-order valence-electron chi connectivity index (χ0n) is 14.6. The Morgan fingerprint density at radius 1 is 1.26 bits per heavy atom. The molecule has 1 aliphatic carbocycles. The summed E-state index contributed by atoms with van der Waals surface area (Å²) in [5.41, 5.74) is 0. The number of carbonyl (C=O) groups is 1. The number of esters is 1. The van der Waals surface area contributed by atoms with Crippen molar-refractivity contribution in [2.24, 2.45) is 10.9 Å². The van der Waals surface area contributed by atoms with Crippen LogP contribution in [0.25, 0.3) is 0 Å². The molecule has 7 heteroatoms. The molecule has 0 saturated heterocycles. The molecule has 1 rings (SSSR count). The second-order valence-electron chi connectivity index (χ2n) is 5.55. The second-order valence-corrected chi connectivity index (χ2v) is 6.54. The van der Waals surface area contributed by atoms with E-state index in [0.29, 0.717) is 12.6 Å². The largest absolute Gasteiger partial charge is 0.466 e. The fourth-order valence-electron chi connectivity index (χ4n) is 2.65. The molecule has 0 bridgehead atoms. The molecule has 0 aliphatic heterocycles. The average molecular weight is 457 g/mol. The van der Waals surface area contributed by atoms with Crippen LogP contribution in [0.1, 0.15) is 46.0 Å². The quantitative estimate of drug-likeness (QED) is 0.193. The van der Waals surface area contributed by atoms with E-state index in [2.05, 4.69) is 28.8 Å². The van der Waals surface area contributed by atoms with Crippen LogP contribution in [0, 0.1) is 5.92 Å². The van der Waals surface area contributed by atoms with Gasteiger partial charge < -0.3 is 15.4 Å². The standard InChI is InChI=1S/C16H31N3O2S.HI/c1-4-17-16(18-11-6-12-22-3)19-14-9-7-13(8-10-14)15(20)21-5-2;/h13-14H,4-12H2,1-3H3,(H2,17,18,19);1H. The van der Waals surface area contributed by atoms with Gasteiger partial charge in [-0.05, 0) is 58.0 Å². The van der Waals surface area contributed by atoms with E-state index in [1.807, 2.05) is 18.7 Å². The third kappa shape index (κ3) is 9.64. The van der Waals surface area contributed by atoms with Gasteiger partial charge >= 0.3 is 5.97 Å². The highest BCUT2D eigenvalue weighted by Crippen LogP contribution is 2.25. The van der Waals surface area contributed by atoms with Crippen molar-refractivity contribution in [3.63, 3.8) is 0 Å². The first-order valence-corrected chi connectivity index (χ1v) is 9.81. The molecular weight excluding hydrogens is 425 g/mol. The summed E-state index contributed by atoms with van der Waals surface area (Å²) in [6.45, 7) is 6.14. The molecule has 1 saturated carbocycles. The number of rotatable bonds is 8. The molecule has 0 atom stereocenters. The number of nitrogens with one attached hydrogen (secondary N) is 2. The molecule has 0 amide bonds. The molecule has 0 aromatic heterocycles. The molecule has 0 aromatic carbocycles. The van der Waals surface area contributed by atoms with Crippen molar-refractivity contribution in [2.45, 2.75) is 52.0 Å². The Kier molecular flexibility index (Phi) is 14.1. The number of aliphatic imine (C=N–C) groups is 1. The van der Waals surface area contributed by atoms with E-state index < -0.39 is 0 Å². The predicted octanol–water partition coefficient (Wildman–Crippen LogP) is 3.03. The molecule has 0 radical (unpaired) electrons. The van der Waals surface area contributed by atoms with Gasteiger partial charge in [0.05, 0.1) is 12.5 Å². The molecule has 23 heavy (non-hydrogen) atoms. The summed E-state index contributed by atoms with van der Waals surface area (Å²) in [5.74, 6) is 2.11. The second kappa shape index (κ2) is 14.2. The van der Waals surface area contributed by atoms with Crippen molar-refractivity contribution in [3.05, 3.63) is 0 Å². The fraction of sp³-hybridized carbons (Fsp3) is 0.875. The highest BCUT2D eigenvalue weighted by Gasteiger charge is 2.27. The average Bonchev–Trinajstić information content (AvgIpc) is 2.52. The molecule has 0 heterocycles. The molecule has 0 spiro atoms. The third-order valence-electron chi connectivity index (χ3n) is 3.81.